The predicted molar refractivity (Wildman–Crippen MR) is 199 cm³/mol. The average Bonchev–Trinajstić information content (AvgIpc) is 3.93. The van der Waals surface area contributed by atoms with E-state index in [0.717, 1.165) is 36.8 Å². The molecule has 2 aliphatic carbocycles. The van der Waals surface area contributed by atoms with Gasteiger partial charge in [0.05, 0.1) is 18.4 Å². The maximum absolute atomic E-state index is 14.5. The van der Waals surface area contributed by atoms with Crippen molar-refractivity contribution in [2.45, 2.75) is 135 Å². The summed E-state index contributed by atoms with van der Waals surface area (Å²) < 4.78 is 39.4. The van der Waals surface area contributed by atoms with Crippen molar-refractivity contribution in [1.29, 1.82) is 0 Å². The fourth-order valence-corrected chi connectivity index (χ4v) is 9.50. The number of carbonyl (C=O) groups excluding carboxylic acids is 5. The first kappa shape index (κ1) is 39.6. The SMILES string of the molecule is C=C1[C@@H](CC)[C@@]1(NC(=O)[C@@H]1C[C@@H]2CN1C(=O)[C@H](C(C)(C)C)NC(=O)OCC(C)(C)CCCCc1cccc3c1CN(C3)C(=O)O2)C(=O)NS(=O)(=O)C1CC1. The molecule has 0 unspecified atom stereocenters. The molecule has 1 aromatic rings. The molecule has 3 N–H and O–H groups in total. The van der Waals surface area contributed by atoms with Crippen LogP contribution in [0.1, 0.15) is 103 Å². The molecule has 0 radical (unpaired) electrons. The van der Waals surface area contributed by atoms with E-state index in [1.54, 1.807) is 32.6 Å². The zero-order chi connectivity index (χ0) is 39.4. The highest BCUT2D eigenvalue weighted by Gasteiger charge is 2.66. The first-order valence-electron chi connectivity index (χ1n) is 19.1. The number of hydrogen-bond acceptors (Lipinski definition) is 9. The highest BCUT2D eigenvalue weighted by molar-refractivity contribution is 7.91. The first-order valence-corrected chi connectivity index (χ1v) is 20.7. The Morgan fingerprint density at radius 2 is 1.78 bits per heavy atom. The number of ether oxygens (including phenoxy) is 2. The maximum Gasteiger partial charge on any atom is 0.410 e. The summed E-state index contributed by atoms with van der Waals surface area (Å²) in [5.74, 6) is -2.75. The van der Waals surface area contributed by atoms with Crippen LogP contribution < -0.4 is 15.4 Å². The zero-order valence-electron chi connectivity index (χ0n) is 32.3. The Morgan fingerprint density at radius 1 is 1.07 bits per heavy atom. The van der Waals surface area contributed by atoms with Crippen molar-refractivity contribution < 1.29 is 41.9 Å². The molecule has 296 valence electrons. The standard InChI is InChI=1S/C39H55N5O9S/c1-8-29-23(2)39(29,34(47)42-54(50,51)27-15-16-27)41-32(45)30-18-26-20-44(30)33(46)31(37(3,4)5)40-35(48)52-22-38(6,7)17-10-9-12-24-13-11-14-25-19-43(21-28(24)25)36(49)53-26/h11,13-14,26-27,29-31H,2,8-10,12,15-22H2,1,3-7H3,(H,40,48)(H,41,45)(H,42,47)/t26-,29-,30+,31-,39-/m1/s1. The van der Waals surface area contributed by atoms with Gasteiger partial charge in [-0.05, 0) is 71.6 Å². The van der Waals surface area contributed by atoms with Crippen LogP contribution in [0.4, 0.5) is 9.59 Å². The van der Waals surface area contributed by atoms with E-state index in [1.165, 1.54) is 10.5 Å². The van der Waals surface area contributed by atoms with Crippen molar-refractivity contribution in [1.82, 2.24) is 25.2 Å². The molecule has 4 bridgehead atoms. The lowest BCUT2D eigenvalue weighted by atomic mass is 9.85. The number of fused-ring (bicyclic) bond motifs is 3. The lowest BCUT2D eigenvalue weighted by molar-refractivity contribution is -0.142. The molecule has 5 aliphatic rings. The van der Waals surface area contributed by atoms with Crippen LogP contribution in [0, 0.1) is 16.7 Å². The highest BCUT2D eigenvalue weighted by Crippen LogP contribution is 2.51. The first-order chi connectivity index (χ1) is 25.3. The van der Waals surface area contributed by atoms with Gasteiger partial charge in [0, 0.05) is 25.4 Å². The fourth-order valence-electron chi connectivity index (χ4n) is 8.16. The number of nitrogens with one attached hydrogen (secondary N) is 3. The van der Waals surface area contributed by atoms with Crippen LogP contribution in [0.5, 0.6) is 0 Å². The fraction of sp³-hybridized carbons (Fsp3) is 0.667. The molecule has 0 aromatic heterocycles. The van der Waals surface area contributed by atoms with Crippen molar-refractivity contribution in [3.05, 3.63) is 47.0 Å². The second kappa shape index (κ2) is 14.5. The number of cyclic esters (lactones) is 1. The molecule has 1 saturated heterocycles. The third-order valence-electron chi connectivity index (χ3n) is 11.6. The van der Waals surface area contributed by atoms with Gasteiger partial charge in [-0.1, -0.05) is 72.7 Å². The largest absolute Gasteiger partial charge is 0.449 e. The number of alkyl carbamates (subject to hydrolysis) is 1. The second-order valence-corrected chi connectivity index (χ2v) is 19.5. The summed E-state index contributed by atoms with van der Waals surface area (Å²) in [5, 5.41) is 4.86. The molecule has 3 fully saturated rings. The summed E-state index contributed by atoms with van der Waals surface area (Å²) >= 11 is 0. The predicted octanol–water partition coefficient (Wildman–Crippen LogP) is 4.06. The minimum Gasteiger partial charge on any atom is -0.449 e. The normalized spacial score (nSPS) is 29.1. The smallest absolute Gasteiger partial charge is 0.410 e. The molecular formula is C39H55N5O9S. The Labute approximate surface area is 318 Å². The van der Waals surface area contributed by atoms with Gasteiger partial charge in [0.1, 0.15) is 23.7 Å². The highest BCUT2D eigenvalue weighted by atomic mass is 32.2. The van der Waals surface area contributed by atoms with Gasteiger partial charge in [-0.25, -0.2) is 18.0 Å². The maximum atomic E-state index is 14.5. The van der Waals surface area contributed by atoms with E-state index in [2.05, 4.69) is 28.0 Å². The van der Waals surface area contributed by atoms with E-state index in [4.69, 9.17) is 9.47 Å². The molecule has 54 heavy (non-hydrogen) atoms. The summed E-state index contributed by atoms with van der Waals surface area (Å²) in [6.45, 7) is 15.9. The summed E-state index contributed by atoms with van der Waals surface area (Å²) in [6.07, 6.45) is 2.41. The summed E-state index contributed by atoms with van der Waals surface area (Å²) in [5.41, 5.74) is 0.809. The van der Waals surface area contributed by atoms with Gasteiger partial charge >= 0.3 is 12.2 Å². The van der Waals surface area contributed by atoms with Crippen LogP contribution in [0.3, 0.4) is 0 Å². The number of carbonyl (C=O) groups is 5. The van der Waals surface area contributed by atoms with Gasteiger partial charge in [0.25, 0.3) is 5.91 Å². The molecule has 5 atom stereocenters. The molecule has 3 heterocycles. The molecular weight excluding hydrogens is 715 g/mol. The molecule has 3 aliphatic heterocycles. The van der Waals surface area contributed by atoms with E-state index in [-0.39, 0.29) is 25.0 Å². The molecule has 5 amide bonds. The number of aryl methyl sites for hydroxylation is 1. The van der Waals surface area contributed by atoms with Crippen molar-refractivity contribution in [3.8, 4) is 0 Å². The van der Waals surface area contributed by atoms with E-state index < -0.39 is 80.2 Å². The molecule has 14 nitrogen and oxygen atoms in total. The second-order valence-electron chi connectivity index (χ2n) is 17.5. The average molecular weight is 770 g/mol. The van der Waals surface area contributed by atoms with Crippen LogP contribution >= 0.6 is 0 Å². The Bertz CT molecular complexity index is 1830. The quantitative estimate of drug-likeness (QED) is 0.360. The summed E-state index contributed by atoms with van der Waals surface area (Å²) in [4.78, 5) is 72.4. The molecule has 15 heteroatoms. The lowest BCUT2D eigenvalue weighted by Gasteiger charge is -2.35. The zero-order valence-corrected chi connectivity index (χ0v) is 33.1. The van der Waals surface area contributed by atoms with Crippen LogP contribution in [-0.4, -0.2) is 90.3 Å². The minimum atomic E-state index is -3.94. The Kier molecular flexibility index (Phi) is 10.6. The van der Waals surface area contributed by atoms with Gasteiger partial charge in [-0.15, -0.1) is 0 Å². The van der Waals surface area contributed by atoms with E-state index in [9.17, 15) is 32.4 Å². The molecule has 2 saturated carbocycles. The third-order valence-corrected chi connectivity index (χ3v) is 13.4. The van der Waals surface area contributed by atoms with Gasteiger partial charge < -0.3 is 25.0 Å². The summed E-state index contributed by atoms with van der Waals surface area (Å²) in [6, 6.07) is 3.71. The Hall–Kier alpha value is -4.14. The van der Waals surface area contributed by atoms with Crippen molar-refractivity contribution in [2.24, 2.45) is 16.7 Å². The van der Waals surface area contributed by atoms with E-state index >= 15 is 0 Å². The van der Waals surface area contributed by atoms with Gasteiger partial charge in [-0.3, -0.25) is 24.0 Å². The third kappa shape index (κ3) is 7.97. The number of rotatable bonds is 6. The molecule has 1 aromatic carbocycles. The van der Waals surface area contributed by atoms with Gasteiger partial charge in [0.15, 0.2) is 0 Å². The number of sulfonamides is 1. The molecule has 6 rings (SSSR count). The van der Waals surface area contributed by atoms with E-state index in [1.807, 2.05) is 26.0 Å². The van der Waals surface area contributed by atoms with Crippen LogP contribution in [0.2, 0.25) is 0 Å². The lowest BCUT2D eigenvalue weighted by Crippen LogP contribution is -2.60. The summed E-state index contributed by atoms with van der Waals surface area (Å²) in [7, 11) is -3.94. The minimum absolute atomic E-state index is 0.0911. The Morgan fingerprint density at radius 3 is 2.43 bits per heavy atom. The topological polar surface area (TPSA) is 181 Å². The van der Waals surface area contributed by atoms with Crippen LogP contribution in [0.15, 0.2) is 30.4 Å². The Balaban J connectivity index is 1.30. The molecule has 0 spiro atoms. The number of hydrogen-bond donors (Lipinski definition) is 3. The van der Waals surface area contributed by atoms with Crippen molar-refractivity contribution >= 4 is 39.9 Å². The van der Waals surface area contributed by atoms with Gasteiger partial charge in [-0.2, -0.15) is 0 Å². The van der Waals surface area contributed by atoms with Crippen molar-refractivity contribution in [3.63, 3.8) is 0 Å². The van der Waals surface area contributed by atoms with Crippen molar-refractivity contribution in [2.75, 3.05) is 13.2 Å². The van der Waals surface area contributed by atoms with Crippen LogP contribution in [0.25, 0.3) is 0 Å². The van der Waals surface area contributed by atoms with Gasteiger partial charge in [0.2, 0.25) is 21.8 Å². The monoisotopic (exact) mass is 769 g/mol. The number of nitrogens with zero attached hydrogens (tertiary/aromatic N) is 2. The number of amides is 5. The van der Waals surface area contributed by atoms with E-state index in [0.29, 0.717) is 37.9 Å². The number of benzene rings is 1. The van der Waals surface area contributed by atoms with Crippen LogP contribution in [-0.2, 0) is 53.4 Å².